The van der Waals surface area contributed by atoms with Crippen LogP contribution in [0.15, 0.2) is 29.0 Å². The van der Waals surface area contributed by atoms with Crippen molar-refractivity contribution in [2.24, 2.45) is 0 Å². The molecule has 1 nitrogen and oxygen atoms in total. The van der Waals surface area contributed by atoms with Crippen LogP contribution in [-0.4, -0.2) is 10.7 Å². The van der Waals surface area contributed by atoms with Crippen LogP contribution in [0, 0.1) is 0 Å². The molecule has 0 spiro atoms. The van der Waals surface area contributed by atoms with E-state index in [2.05, 4.69) is 33.5 Å². The average molecular weight is 230 g/mol. The lowest BCUT2D eigenvalue weighted by molar-refractivity contribution is 1.26. The standard InChI is InChI=1S/C8H8BrNS/c9-8-7(4-2-6-11)3-1-5-10-8/h1-5,11H,6H2. The van der Waals surface area contributed by atoms with Gasteiger partial charge in [0.2, 0.25) is 0 Å². The Labute approximate surface area is 80.1 Å². The molecule has 1 heterocycles. The van der Waals surface area contributed by atoms with E-state index in [-0.39, 0.29) is 0 Å². The second-order valence-electron chi connectivity index (χ2n) is 1.97. The molecular weight excluding hydrogens is 222 g/mol. The van der Waals surface area contributed by atoms with E-state index in [1.807, 2.05) is 24.3 Å². The van der Waals surface area contributed by atoms with Gasteiger partial charge in [0.1, 0.15) is 4.60 Å². The Bertz CT molecular complexity index is 260. The summed E-state index contributed by atoms with van der Waals surface area (Å²) in [5.74, 6) is 0.751. The first-order valence-electron chi connectivity index (χ1n) is 3.22. The number of nitrogens with zero attached hydrogens (tertiary/aromatic N) is 1. The number of pyridine rings is 1. The Morgan fingerprint density at radius 2 is 2.45 bits per heavy atom. The molecular formula is C8H8BrNS. The molecule has 0 aliphatic rings. The number of hydrogen-bond donors (Lipinski definition) is 1. The Balaban J connectivity index is 2.86. The first kappa shape index (κ1) is 8.81. The molecule has 1 aromatic rings. The van der Waals surface area contributed by atoms with Crippen LogP contribution in [0.25, 0.3) is 6.08 Å². The lowest BCUT2D eigenvalue weighted by Gasteiger charge is -1.93. The molecule has 0 atom stereocenters. The van der Waals surface area contributed by atoms with Gasteiger partial charge in [-0.2, -0.15) is 12.6 Å². The van der Waals surface area contributed by atoms with Crippen LogP contribution in [0.1, 0.15) is 5.56 Å². The topological polar surface area (TPSA) is 12.9 Å². The predicted octanol–water partition coefficient (Wildman–Crippen LogP) is 2.79. The van der Waals surface area contributed by atoms with E-state index in [0.29, 0.717) is 0 Å². The molecule has 58 valence electrons. The first-order chi connectivity index (χ1) is 5.34. The smallest absolute Gasteiger partial charge is 0.113 e. The molecule has 0 unspecified atom stereocenters. The van der Waals surface area contributed by atoms with Crippen LogP contribution in [0.2, 0.25) is 0 Å². The highest BCUT2D eigenvalue weighted by molar-refractivity contribution is 9.10. The number of rotatable bonds is 2. The van der Waals surface area contributed by atoms with Crippen molar-refractivity contribution in [3.05, 3.63) is 34.6 Å². The molecule has 0 saturated carbocycles. The SMILES string of the molecule is SCC=Cc1cccnc1Br. The van der Waals surface area contributed by atoms with Crippen LogP contribution in [0.3, 0.4) is 0 Å². The summed E-state index contributed by atoms with van der Waals surface area (Å²) >= 11 is 7.40. The maximum absolute atomic E-state index is 4.07. The summed E-state index contributed by atoms with van der Waals surface area (Å²) in [5, 5.41) is 0. The van der Waals surface area contributed by atoms with Crippen molar-refractivity contribution in [1.29, 1.82) is 0 Å². The normalized spacial score (nSPS) is 10.7. The third kappa shape index (κ3) is 2.67. The van der Waals surface area contributed by atoms with Crippen molar-refractivity contribution in [2.75, 3.05) is 5.75 Å². The highest BCUT2D eigenvalue weighted by atomic mass is 79.9. The fourth-order valence-corrected chi connectivity index (χ4v) is 1.19. The van der Waals surface area contributed by atoms with E-state index < -0.39 is 0 Å². The van der Waals surface area contributed by atoms with Gasteiger partial charge in [-0.3, -0.25) is 0 Å². The Kier molecular flexibility index (Phi) is 3.66. The third-order valence-corrected chi connectivity index (χ3v) is 2.06. The zero-order valence-electron chi connectivity index (χ0n) is 5.87. The zero-order valence-corrected chi connectivity index (χ0v) is 8.35. The molecule has 0 N–H and O–H groups in total. The summed E-state index contributed by atoms with van der Waals surface area (Å²) in [4.78, 5) is 4.07. The van der Waals surface area contributed by atoms with Gasteiger partial charge in [0.15, 0.2) is 0 Å². The van der Waals surface area contributed by atoms with Crippen molar-refractivity contribution >= 4 is 34.6 Å². The molecule has 0 aliphatic heterocycles. The summed E-state index contributed by atoms with van der Waals surface area (Å²) in [7, 11) is 0. The molecule has 1 rings (SSSR count). The van der Waals surface area contributed by atoms with Gasteiger partial charge in [-0.1, -0.05) is 18.2 Å². The maximum atomic E-state index is 4.07. The molecule has 3 heteroatoms. The number of hydrogen-bond acceptors (Lipinski definition) is 2. The van der Waals surface area contributed by atoms with Crippen LogP contribution < -0.4 is 0 Å². The average Bonchev–Trinajstić information content (AvgIpc) is 2.03. The molecule has 0 amide bonds. The van der Waals surface area contributed by atoms with Gasteiger partial charge in [-0.15, -0.1) is 0 Å². The lowest BCUT2D eigenvalue weighted by Crippen LogP contribution is -1.78. The van der Waals surface area contributed by atoms with E-state index in [4.69, 9.17) is 0 Å². The molecule has 1 aromatic heterocycles. The molecule has 11 heavy (non-hydrogen) atoms. The van der Waals surface area contributed by atoms with Gasteiger partial charge < -0.3 is 0 Å². The number of halogens is 1. The predicted molar refractivity (Wildman–Crippen MR) is 54.8 cm³/mol. The summed E-state index contributed by atoms with van der Waals surface area (Å²) in [6.45, 7) is 0. The van der Waals surface area contributed by atoms with Gasteiger partial charge in [0, 0.05) is 17.5 Å². The van der Waals surface area contributed by atoms with Crippen LogP contribution in [0.4, 0.5) is 0 Å². The van der Waals surface area contributed by atoms with Gasteiger partial charge in [-0.05, 0) is 22.0 Å². The first-order valence-corrected chi connectivity index (χ1v) is 4.65. The quantitative estimate of drug-likeness (QED) is 0.608. The monoisotopic (exact) mass is 229 g/mol. The number of aromatic nitrogens is 1. The summed E-state index contributed by atoms with van der Waals surface area (Å²) in [6.07, 6.45) is 5.72. The van der Waals surface area contributed by atoms with Crippen molar-refractivity contribution in [3.8, 4) is 0 Å². The Morgan fingerprint density at radius 3 is 3.09 bits per heavy atom. The second kappa shape index (κ2) is 4.57. The minimum atomic E-state index is 0.751. The zero-order chi connectivity index (χ0) is 8.10. The largest absolute Gasteiger partial charge is 0.249 e. The summed E-state index contributed by atoms with van der Waals surface area (Å²) in [6, 6.07) is 3.90. The number of thiol groups is 1. The third-order valence-electron chi connectivity index (χ3n) is 1.19. The van der Waals surface area contributed by atoms with Crippen LogP contribution >= 0.6 is 28.6 Å². The highest BCUT2D eigenvalue weighted by Gasteiger charge is 1.92. The highest BCUT2D eigenvalue weighted by Crippen LogP contribution is 2.13. The molecule has 0 fully saturated rings. The van der Waals surface area contributed by atoms with Gasteiger partial charge in [0.25, 0.3) is 0 Å². The van der Waals surface area contributed by atoms with E-state index in [1.165, 1.54) is 0 Å². The van der Waals surface area contributed by atoms with E-state index in [9.17, 15) is 0 Å². The van der Waals surface area contributed by atoms with Crippen molar-refractivity contribution in [3.63, 3.8) is 0 Å². The maximum Gasteiger partial charge on any atom is 0.113 e. The van der Waals surface area contributed by atoms with Crippen molar-refractivity contribution in [2.45, 2.75) is 0 Å². The molecule has 0 bridgehead atoms. The minimum Gasteiger partial charge on any atom is -0.249 e. The van der Waals surface area contributed by atoms with E-state index in [1.54, 1.807) is 6.20 Å². The van der Waals surface area contributed by atoms with Crippen LogP contribution in [0.5, 0.6) is 0 Å². The van der Waals surface area contributed by atoms with Crippen LogP contribution in [-0.2, 0) is 0 Å². The fourth-order valence-electron chi connectivity index (χ4n) is 0.702. The van der Waals surface area contributed by atoms with Crippen molar-refractivity contribution in [1.82, 2.24) is 4.98 Å². The molecule has 0 aromatic carbocycles. The fraction of sp³-hybridized carbons (Fsp3) is 0.125. The molecule has 0 radical (unpaired) electrons. The summed E-state index contributed by atoms with van der Waals surface area (Å²) in [5.41, 5.74) is 1.08. The molecule has 0 aliphatic carbocycles. The second-order valence-corrected chi connectivity index (χ2v) is 3.08. The van der Waals surface area contributed by atoms with Gasteiger partial charge in [-0.25, -0.2) is 4.98 Å². The Hall–Kier alpha value is -0.280. The summed E-state index contributed by atoms with van der Waals surface area (Å²) < 4.78 is 0.873. The lowest BCUT2D eigenvalue weighted by atomic mass is 10.3. The van der Waals surface area contributed by atoms with E-state index in [0.717, 1.165) is 15.9 Å². The minimum absolute atomic E-state index is 0.751. The van der Waals surface area contributed by atoms with Gasteiger partial charge >= 0.3 is 0 Å². The Morgan fingerprint density at radius 1 is 1.64 bits per heavy atom. The molecule has 0 saturated heterocycles. The van der Waals surface area contributed by atoms with Crippen molar-refractivity contribution < 1.29 is 0 Å². The van der Waals surface area contributed by atoms with Gasteiger partial charge in [0.05, 0.1) is 0 Å². The van der Waals surface area contributed by atoms with E-state index >= 15 is 0 Å².